The minimum atomic E-state index is -0.578. The zero-order valence-corrected chi connectivity index (χ0v) is 14.1. The summed E-state index contributed by atoms with van der Waals surface area (Å²) in [6, 6.07) is 9.59. The Morgan fingerprint density at radius 3 is 2.82 bits per heavy atom. The largest absolute Gasteiger partial charge is 0.464 e. The van der Waals surface area contributed by atoms with E-state index in [0.717, 1.165) is 11.1 Å². The van der Waals surface area contributed by atoms with E-state index in [1.807, 2.05) is 38.1 Å². The average Bonchev–Trinajstić information content (AvgIpc) is 2.51. The lowest BCUT2D eigenvalue weighted by Gasteiger charge is -2.17. The van der Waals surface area contributed by atoms with Crippen molar-refractivity contribution in [2.75, 3.05) is 0 Å². The number of nitrogens with zero attached hydrogens (tertiary/aromatic N) is 2. The van der Waals surface area contributed by atoms with E-state index in [1.165, 1.54) is 6.33 Å². The van der Waals surface area contributed by atoms with Gasteiger partial charge in [-0.2, -0.15) is 0 Å². The topological polar surface area (TPSA) is 64.1 Å². The van der Waals surface area contributed by atoms with Gasteiger partial charge in [0.25, 0.3) is 5.91 Å². The first-order chi connectivity index (χ1) is 10.6. The van der Waals surface area contributed by atoms with Gasteiger partial charge in [-0.25, -0.2) is 9.97 Å². The Bertz CT molecular complexity index is 649. The monoisotopic (exact) mass is 363 g/mol. The van der Waals surface area contributed by atoms with Gasteiger partial charge in [-0.3, -0.25) is 4.79 Å². The van der Waals surface area contributed by atoms with Crippen molar-refractivity contribution in [3.05, 3.63) is 52.4 Å². The Labute approximate surface area is 138 Å². The molecule has 0 radical (unpaired) electrons. The minimum absolute atomic E-state index is 0.152. The summed E-state index contributed by atoms with van der Waals surface area (Å²) in [5, 5.41) is 2.91. The summed E-state index contributed by atoms with van der Waals surface area (Å²) < 4.78 is 6.25. The molecule has 0 saturated heterocycles. The van der Waals surface area contributed by atoms with Crippen LogP contribution in [-0.2, 0) is 11.3 Å². The number of hydrogen-bond donors (Lipinski definition) is 1. The smallest absolute Gasteiger partial charge is 0.261 e. The molecule has 0 spiro atoms. The van der Waals surface area contributed by atoms with Gasteiger partial charge in [0.05, 0.1) is 0 Å². The van der Waals surface area contributed by atoms with Crippen molar-refractivity contribution in [2.24, 2.45) is 0 Å². The lowest BCUT2D eigenvalue weighted by Crippen LogP contribution is -2.37. The fraction of sp³-hybridized carbons (Fsp3) is 0.312. The zero-order valence-electron chi connectivity index (χ0n) is 12.5. The van der Waals surface area contributed by atoms with Crippen LogP contribution in [0.2, 0.25) is 0 Å². The zero-order chi connectivity index (χ0) is 15.9. The molecule has 0 saturated carbocycles. The van der Waals surface area contributed by atoms with Gasteiger partial charge in [0.15, 0.2) is 6.10 Å². The van der Waals surface area contributed by atoms with Crippen molar-refractivity contribution in [3.8, 4) is 5.88 Å². The highest BCUT2D eigenvalue weighted by Gasteiger charge is 2.19. The first kappa shape index (κ1) is 16.4. The van der Waals surface area contributed by atoms with Gasteiger partial charge in [0.1, 0.15) is 10.9 Å². The van der Waals surface area contributed by atoms with Crippen LogP contribution in [0.4, 0.5) is 0 Å². The molecule has 1 amide bonds. The van der Waals surface area contributed by atoms with E-state index < -0.39 is 6.10 Å². The highest BCUT2D eigenvalue weighted by atomic mass is 79.9. The number of aromatic nitrogens is 2. The van der Waals surface area contributed by atoms with Crippen LogP contribution in [0.25, 0.3) is 0 Å². The third-order valence-electron chi connectivity index (χ3n) is 3.25. The number of halogens is 1. The number of amides is 1. The van der Waals surface area contributed by atoms with E-state index in [4.69, 9.17) is 4.74 Å². The molecule has 2 rings (SSSR count). The molecule has 1 heterocycles. The third-order valence-corrected chi connectivity index (χ3v) is 3.68. The average molecular weight is 364 g/mol. The van der Waals surface area contributed by atoms with Crippen LogP contribution in [0.3, 0.4) is 0 Å². The van der Waals surface area contributed by atoms with Gasteiger partial charge in [0.2, 0.25) is 5.88 Å². The number of nitrogens with one attached hydrogen (secondary N) is 1. The van der Waals surface area contributed by atoms with E-state index in [-0.39, 0.29) is 5.91 Å². The predicted molar refractivity (Wildman–Crippen MR) is 87.5 cm³/mol. The molecule has 22 heavy (non-hydrogen) atoms. The van der Waals surface area contributed by atoms with Crippen molar-refractivity contribution < 1.29 is 9.53 Å². The van der Waals surface area contributed by atoms with Crippen LogP contribution in [0.5, 0.6) is 5.88 Å². The summed E-state index contributed by atoms with van der Waals surface area (Å²) in [7, 11) is 0. The molecule has 5 nitrogen and oxygen atoms in total. The molecule has 1 atom stereocenters. The molecular weight excluding hydrogens is 346 g/mol. The first-order valence-electron chi connectivity index (χ1n) is 7.06. The van der Waals surface area contributed by atoms with Crippen molar-refractivity contribution >= 4 is 21.8 Å². The maximum atomic E-state index is 12.3. The molecular formula is C16H18BrN3O2. The maximum Gasteiger partial charge on any atom is 0.261 e. The highest BCUT2D eigenvalue weighted by Crippen LogP contribution is 2.14. The maximum absolute atomic E-state index is 12.3. The number of hydrogen-bond acceptors (Lipinski definition) is 4. The number of carbonyl (C=O) groups is 1. The van der Waals surface area contributed by atoms with E-state index >= 15 is 0 Å². The van der Waals surface area contributed by atoms with Crippen LogP contribution in [0.1, 0.15) is 24.5 Å². The van der Waals surface area contributed by atoms with E-state index in [2.05, 4.69) is 31.2 Å². The molecule has 1 unspecified atom stereocenters. The Hall–Kier alpha value is -1.95. The Morgan fingerprint density at radius 2 is 2.14 bits per heavy atom. The molecule has 1 aromatic heterocycles. The van der Waals surface area contributed by atoms with Gasteiger partial charge < -0.3 is 10.1 Å². The molecule has 0 fully saturated rings. The fourth-order valence-corrected chi connectivity index (χ4v) is 2.24. The third kappa shape index (κ3) is 4.53. The molecule has 116 valence electrons. The highest BCUT2D eigenvalue weighted by molar-refractivity contribution is 9.10. The molecule has 0 bridgehead atoms. The SMILES string of the molecule is CCC(Oc1cc(Br)ncn1)C(=O)NCc1ccccc1C. The number of benzene rings is 1. The lowest BCUT2D eigenvalue weighted by atomic mass is 10.1. The summed E-state index contributed by atoms with van der Waals surface area (Å²) in [6.07, 6.45) is 1.37. The second kappa shape index (κ2) is 7.89. The van der Waals surface area contributed by atoms with Crippen LogP contribution in [0.15, 0.2) is 41.3 Å². The van der Waals surface area contributed by atoms with Crippen molar-refractivity contribution in [2.45, 2.75) is 32.9 Å². The summed E-state index contributed by atoms with van der Waals surface area (Å²) >= 11 is 3.25. The second-order valence-corrected chi connectivity index (χ2v) is 5.65. The Balaban J connectivity index is 1.96. The van der Waals surface area contributed by atoms with Crippen LogP contribution in [-0.4, -0.2) is 22.0 Å². The minimum Gasteiger partial charge on any atom is -0.464 e. The number of aryl methyl sites for hydroxylation is 1. The summed E-state index contributed by atoms with van der Waals surface area (Å²) in [4.78, 5) is 20.2. The van der Waals surface area contributed by atoms with Gasteiger partial charge >= 0.3 is 0 Å². The predicted octanol–water partition coefficient (Wildman–Crippen LogP) is 3.02. The van der Waals surface area contributed by atoms with Crippen molar-refractivity contribution in [3.63, 3.8) is 0 Å². The van der Waals surface area contributed by atoms with E-state index in [1.54, 1.807) is 6.07 Å². The van der Waals surface area contributed by atoms with Gasteiger partial charge in [-0.15, -0.1) is 0 Å². The van der Waals surface area contributed by atoms with Crippen LogP contribution >= 0.6 is 15.9 Å². The van der Waals surface area contributed by atoms with E-state index in [0.29, 0.717) is 23.4 Å². The van der Waals surface area contributed by atoms with Crippen LogP contribution in [0, 0.1) is 6.92 Å². The first-order valence-corrected chi connectivity index (χ1v) is 7.86. The number of carbonyl (C=O) groups excluding carboxylic acids is 1. The normalized spacial score (nSPS) is 11.8. The number of ether oxygens (including phenoxy) is 1. The molecule has 2 aromatic rings. The second-order valence-electron chi connectivity index (χ2n) is 4.84. The summed E-state index contributed by atoms with van der Waals surface area (Å²) in [5.74, 6) is 0.222. The Kier molecular flexibility index (Phi) is 5.89. The van der Waals surface area contributed by atoms with Gasteiger partial charge in [0, 0.05) is 12.6 Å². The quantitative estimate of drug-likeness (QED) is 0.801. The van der Waals surface area contributed by atoms with Crippen molar-refractivity contribution in [1.29, 1.82) is 0 Å². The van der Waals surface area contributed by atoms with E-state index in [9.17, 15) is 4.79 Å². The molecule has 0 aliphatic carbocycles. The van der Waals surface area contributed by atoms with Crippen molar-refractivity contribution in [1.82, 2.24) is 15.3 Å². The molecule has 1 aromatic carbocycles. The van der Waals surface area contributed by atoms with Crippen LogP contribution < -0.4 is 10.1 Å². The molecule has 0 aliphatic heterocycles. The molecule has 1 N–H and O–H groups in total. The fourth-order valence-electron chi connectivity index (χ4n) is 1.95. The number of rotatable bonds is 6. The van der Waals surface area contributed by atoms with Gasteiger partial charge in [-0.1, -0.05) is 31.2 Å². The lowest BCUT2D eigenvalue weighted by molar-refractivity contribution is -0.128. The summed E-state index contributed by atoms with van der Waals surface area (Å²) in [5.41, 5.74) is 2.24. The molecule has 6 heteroatoms. The standard InChI is InChI=1S/C16H18BrN3O2/c1-3-13(22-15-8-14(17)19-10-20-15)16(21)18-9-12-7-5-4-6-11(12)2/h4-8,10,13H,3,9H2,1-2H3,(H,18,21). The van der Waals surface area contributed by atoms with Gasteiger partial charge in [-0.05, 0) is 40.4 Å². The Morgan fingerprint density at radius 1 is 1.36 bits per heavy atom. The summed E-state index contributed by atoms with van der Waals surface area (Å²) in [6.45, 7) is 4.40. The molecule has 0 aliphatic rings.